The molecule has 0 radical (unpaired) electrons. The van der Waals surface area contributed by atoms with E-state index in [-0.39, 0.29) is 12.5 Å². The van der Waals surface area contributed by atoms with E-state index < -0.39 is 5.76 Å². The molecule has 6 heteroatoms. The van der Waals surface area contributed by atoms with E-state index in [9.17, 15) is 9.59 Å². The van der Waals surface area contributed by atoms with E-state index in [4.69, 9.17) is 4.42 Å². The average molecular weight is 391 g/mol. The van der Waals surface area contributed by atoms with Crippen molar-refractivity contribution in [3.63, 3.8) is 0 Å². The average Bonchev–Trinajstić information content (AvgIpc) is 3.08. The number of nitrogens with zero attached hydrogens (tertiary/aromatic N) is 2. The molecule has 1 aliphatic heterocycles. The van der Waals surface area contributed by atoms with E-state index in [1.807, 2.05) is 31.2 Å². The highest BCUT2D eigenvalue weighted by atomic mass is 16.4. The van der Waals surface area contributed by atoms with Gasteiger partial charge in [0.1, 0.15) is 6.54 Å². The standard InChI is InChI=1S/C23H25N3O3/c1-17-6-8-19(9-7-17)21-15-26(23(28)29-21)16-22(27)24-11-13-25-12-10-18-4-2-3-5-20(18)14-25/h2-9,15H,10-14,16H2,1H3,(H,24,27). The summed E-state index contributed by atoms with van der Waals surface area (Å²) in [4.78, 5) is 26.7. The van der Waals surface area contributed by atoms with Crippen LogP contribution in [0.3, 0.4) is 0 Å². The highest BCUT2D eigenvalue weighted by Crippen LogP contribution is 2.19. The SMILES string of the molecule is Cc1ccc(-c2cn(CC(=O)NCCN3CCc4ccccc4C3)c(=O)o2)cc1. The molecule has 2 heterocycles. The van der Waals surface area contributed by atoms with Gasteiger partial charge in [0.05, 0.1) is 6.20 Å². The fourth-order valence-corrected chi connectivity index (χ4v) is 3.64. The van der Waals surface area contributed by atoms with Crippen LogP contribution in [0.1, 0.15) is 16.7 Å². The zero-order valence-electron chi connectivity index (χ0n) is 16.6. The van der Waals surface area contributed by atoms with Gasteiger partial charge in [-0.15, -0.1) is 0 Å². The summed E-state index contributed by atoms with van der Waals surface area (Å²) < 4.78 is 6.60. The number of nitrogens with one attached hydrogen (secondary N) is 1. The zero-order valence-corrected chi connectivity index (χ0v) is 16.6. The Hall–Kier alpha value is -3.12. The summed E-state index contributed by atoms with van der Waals surface area (Å²) in [6, 6.07) is 16.2. The van der Waals surface area contributed by atoms with Gasteiger partial charge >= 0.3 is 5.76 Å². The second-order valence-corrected chi connectivity index (χ2v) is 7.50. The van der Waals surface area contributed by atoms with E-state index >= 15 is 0 Å². The fraction of sp³-hybridized carbons (Fsp3) is 0.304. The van der Waals surface area contributed by atoms with Crippen molar-refractivity contribution in [2.45, 2.75) is 26.4 Å². The number of carbonyl (C=O) groups excluding carboxylic acids is 1. The predicted molar refractivity (Wildman–Crippen MR) is 112 cm³/mol. The maximum Gasteiger partial charge on any atom is 0.419 e. The van der Waals surface area contributed by atoms with Crippen molar-refractivity contribution in [2.75, 3.05) is 19.6 Å². The molecule has 1 aliphatic rings. The molecular formula is C23H25N3O3. The van der Waals surface area contributed by atoms with Crippen LogP contribution in [-0.4, -0.2) is 35.0 Å². The molecule has 1 N–H and O–H groups in total. The molecule has 0 saturated carbocycles. The molecule has 0 atom stereocenters. The lowest BCUT2D eigenvalue weighted by molar-refractivity contribution is -0.121. The first-order chi connectivity index (χ1) is 14.1. The highest BCUT2D eigenvalue weighted by Gasteiger charge is 2.16. The third-order valence-electron chi connectivity index (χ3n) is 5.31. The molecule has 1 amide bonds. The number of aromatic nitrogens is 1. The number of carbonyl (C=O) groups is 1. The van der Waals surface area contributed by atoms with Crippen molar-refractivity contribution in [3.05, 3.63) is 82.0 Å². The van der Waals surface area contributed by atoms with Gasteiger partial charge in [0.2, 0.25) is 5.91 Å². The van der Waals surface area contributed by atoms with Crippen LogP contribution in [0.15, 0.2) is 63.9 Å². The Balaban J connectivity index is 1.28. The number of oxazole rings is 1. The Morgan fingerprint density at radius 1 is 1.10 bits per heavy atom. The molecule has 0 bridgehead atoms. The van der Waals surface area contributed by atoms with Gasteiger partial charge in [-0.3, -0.25) is 14.3 Å². The minimum absolute atomic E-state index is 0.0446. The minimum Gasteiger partial charge on any atom is -0.408 e. The van der Waals surface area contributed by atoms with Crippen LogP contribution in [0.2, 0.25) is 0 Å². The molecule has 0 spiro atoms. The second kappa shape index (κ2) is 8.49. The predicted octanol–water partition coefficient (Wildman–Crippen LogP) is 2.59. The van der Waals surface area contributed by atoms with Gasteiger partial charge < -0.3 is 9.73 Å². The molecule has 0 unspecified atom stereocenters. The van der Waals surface area contributed by atoms with Gasteiger partial charge in [0.15, 0.2) is 5.76 Å². The topological polar surface area (TPSA) is 67.5 Å². The lowest BCUT2D eigenvalue weighted by Crippen LogP contribution is -2.39. The van der Waals surface area contributed by atoms with Gasteiger partial charge in [-0.2, -0.15) is 0 Å². The van der Waals surface area contributed by atoms with Crippen LogP contribution in [0.5, 0.6) is 0 Å². The van der Waals surface area contributed by atoms with Gasteiger partial charge in [-0.05, 0) is 24.5 Å². The molecule has 6 nitrogen and oxygen atoms in total. The summed E-state index contributed by atoms with van der Waals surface area (Å²) in [5.74, 6) is -0.251. The molecule has 0 fully saturated rings. The number of aryl methyl sites for hydroxylation is 1. The molecule has 0 aliphatic carbocycles. The van der Waals surface area contributed by atoms with Crippen LogP contribution in [0, 0.1) is 6.92 Å². The fourth-order valence-electron chi connectivity index (χ4n) is 3.64. The number of amides is 1. The first-order valence-electron chi connectivity index (χ1n) is 9.91. The Labute approximate surface area is 169 Å². The summed E-state index contributed by atoms with van der Waals surface area (Å²) in [7, 11) is 0. The van der Waals surface area contributed by atoms with Crippen molar-refractivity contribution < 1.29 is 9.21 Å². The van der Waals surface area contributed by atoms with E-state index in [1.165, 1.54) is 15.7 Å². The normalized spacial score (nSPS) is 13.8. The summed E-state index contributed by atoms with van der Waals surface area (Å²) in [5.41, 5.74) is 4.72. The van der Waals surface area contributed by atoms with E-state index in [0.717, 1.165) is 37.2 Å². The number of hydrogen-bond donors (Lipinski definition) is 1. The van der Waals surface area contributed by atoms with Crippen molar-refractivity contribution >= 4 is 5.91 Å². The van der Waals surface area contributed by atoms with Crippen molar-refractivity contribution in [2.24, 2.45) is 0 Å². The largest absolute Gasteiger partial charge is 0.419 e. The lowest BCUT2D eigenvalue weighted by Gasteiger charge is -2.28. The molecule has 4 rings (SSSR count). The molecule has 1 aromatic heterocycles. The molecular weight excluding hydrogens is 366 g/mol. The Bertz CT molecular complexity index is 1050. The molecule has 29 heavy (non-hydrogen) atoms. The van der Waals surface area contributed by atoms with Crippen LogP contribution in [0.4, 0.5) is 0 Å². The van der Waals surface area contributed by atoms with Gasteiger partial charge in [-0.25, -0.2) is 4.79 Å². The first-order valence-corrected chi connectivity index (χ1v) is 9.91. The van der Waals surface area contributed by atoms with Gasteiger partial charge in [0, 0.05) is 31.7 Å². The monoisotopic (exact) mass is 391 g/mol. The quantitative estimate of drug-likeness (QED) is 0.701. The Kier molecular flexibility index (Phi) is 5.62. The summed E-state index contributed by atoms with van der Waals surface area (Å²) >= 11 is 0. The van der Waals surface area contributed by atoms with Crippen LogP contribution < -0.4 is 11.1 Å². The smallest absolute Gasteiger partial charge is 0.408 e. The maximum absolute atomic E-state index is 12.3. The Morgan fingerprint density at radius 2 is 1.86 bits per heavy atom. The third-order valence-corrected chi connectivity index (χ3v) is 5.31. The van der Waals surface area contributed by atoms with Crippen LogP contribution in [0.25, 0.3) is 11.3 Å². The summed E-state index contributed by atoms with van der Waals surface area (Å²) in [5, 5.41) is 2.90. The van der Waals surface area contributed by atoms with E-state index in [2.05, 4.69) is 34.5 Å². The number of rotatable bonds is 6. The number of benzene rings is 2. The van der Waals surface area contributed by atoms with Crippen LogP contribution in [-0.2, 0) is 24.3 Å². The minimum atomic E-state index is -0.525. The first kappa shape index (κ1) is 19.2. The maximum atomic E-state index is 12.3. The molecule has 150 valence electrons. The molecule has 0 saturated heterocycles. The van der Waals surface area contributed by atoms with E-state index in [1.54, 1.807) is 6.20 Å². The highest BCUT2D eigenvalue weighted by molar-refractivity contribution is 5.75. The zero-order chi connectivity index (χ0) is 20.2. The Morgan fingerprint density at radius 3 is 2.66 bits per heavy atom. The molecule has 2 aromatic carbocycles. The summed E-state index contributed by atoms with van der Waals surface area (Å²) in [6.45, 7) is 5.20. The molecule has 3 aromatic rings. The number of fused-ring (bicyclic) bond motifs is 1. The summed E-state index contributed by atoms with van der Waals surface area (Å²) in [6.07, 6.45) is 2.63. The van der Waals surface area contributed by atoms with E-state index in [0.29, 0.717) is 12.3 Å². The van der Waals surface area contributed by atoms with Crippen molar-refractivity contribution in [3.8, 4) is 11.3 Å². The lowest BCUT2D eigenvalue weighted by atomic mass is 10.00. The van der Waals surface area contributed by atoms with Crippen LogP contribution >= 0.6 is 0 Å². The third kappa shape index (κ3) is 4.66. The van der Waals surface area contributed by atoms with Crippen molar-refractivity contribution in [1.82, 2.24) is 14.8 Å². The van der Waals surface area contributed by atoms with Gasteiger partial charge in [0.25, 0.3) is 0 Å². The second-order valence-electron chi connectivity index (χ2n) is 7.50. The van der Waals surface area contributed by atoms with Gasteiger partial charge in [-0.1, -0.05) is 54.1 Å². The number of hydrogen-bond acceptors (Lipinski definition) is 4. The van der Waals surface area contributed by atoms with Crippen molar-refractivity contribution in [1.29, 1.82) is 0 Å².